The van der Waals surface area contributed by atoms with Gasteiger partial charge in [0.15, 0.2) is 0 Å². The standard InChI is InChI=1S/C20H24O/c1-20(2,3)18-9-10-19-17(14-18)13-16(11-12-21-19)15-7-5-4-6-8-15/h4-10,14,16H,11-13H2,1-3H3/t16-/m0/s1. The summed E-state index contributed by atoms with van der Waals surface area (Å²) in [6, 6.07) is 17.5. The van der Waals surface area contributed by atoms with E-state index >= 15 is 0 Å². The molecule has 0 aromatic heterocycles. The zero-order valence-electron chi connectivity index (χ0n) is 13.2. The Kier molecular flexibility index (Phi) is 3.75. The SMILES string of the molecule is CC(C)(C)c1ccc2c(c1)C[C@@H](c1ccccc1)CCO2. The zero-order chi connectivity index (χ0) is 14.9. The Labute approximate surface area is 128 Å². The molecule has 1 heteroatoms. The van der Waals surface area contributed by atoms with Crippen LogP contribution in [0.15, 0.2) is 48.5 Å². The molecular weight excluding hydrogens is 256 g/mol. The maximum atomic E-state index is 5.97. The molecule has 1 atom stereocenters. The molecule has 0 amide bonds. The molecule has 1 nitrogen and oxygen atoms in total. The first-order chi connectivity index (χ1) is 10.0. The van der Waals surface area contributed by atoms with Gasteiger partial charge >= 0.3 is 0 Å². The van der Waals surface area contributed by atoms with E-state index in [1.165, 1.54) is 16.7 Å². The lowest BCUT2D eigenvalue weighted by molar-refractivity contribution is 0.310. The summed E-state index contributed by atoms with van der Waals surface area (Å²) < 4.78 is 5.97. The summed E-state index contributed by atoms with van der Waals surface area (Å²) in [4.78, 5) is 0. The Hall–Kier alpha value is -1.76. The maximum Gasteiger partial charge on any atom is 0.122 e. The highest BCUT2D eigenvalue weighted by Crippen LogP contribution is 2.35. The highest BCUT2D eigenvalue weighted by Gasteiger charge is 2.21. The molecule has 110 valence electrons. The second kappa shape index (κ2) is 5.55. The van der Waals surface area contributed by atoms with E-state index in [0.717, 1.165) is 25.2 Å². The molecule has 3 rings (SSSR count). The minimum Gasteiger partial charge on any atom is -0.493 e. The van der Waals surface area contributed by atoms with Crippen LogP contribution in [0.3, 0.4) is 0 Å². The second-order valence-electron chi connectivity index (χ2n) is 7.02. The molecule has 0 unspecified atom stereocenters. The van der Waals surface area contributed by atoms with Gasteiger partial charge in [0, 0.05) is 0 Å². The van der Waals surface area contributed by atoms with Gasteiger partial charge in [0.1, 0.15) is 5.75 Å². The molecule has 0 aliphatic carbocycles. The van der Waals surface area contributed by atoms with Crippen LogP contribution in [0.25, 0.3) is 0 Å². The van der Waals surface area contributed by atoms with Crippen molar-refractivity contribution in [1.82, 2.24) is 0 Å². The number of fused-ring (bicyclic) bond motifs is 1. The van der Waals surface area contributed by atoms with Gasteiger partial charge in [0.2, 0.25) is 0 Å². The monoisotopic (exact) mass is 280 g/mol. The molecule has 0 radical (unpaired) electrons. The van der Waals surface area contributed by atoms with Gasteiger partial charge in [0.25, 0.3) is 0 Å². The van der Waals surface area contributed by atoms with Crippen LogP contribution in [0.2, 0.25) is 0 Å². The molecule has 2 aromatic rings. The Balaban J connectivity index is 1.94. The van der Waals surface area contributed by atoms with Crippen LogP contribution in [0.5, 0.6) is 5.75 Å². The fourth-order valence-electron chi connectivity index (χ4n) is 3.03. The van der Waals surface area contributed by atoms with Crippen molar-refractivity contribution in [2.75, 3.05) is 6.61 Å². The minimum atomic E-state index is 0.184. The van der Waals surface area contributed by atoms with Crippen molar-refractivity contribution in [3.05, 3.63) is 65.2 Å². The summed E-state index contributed by atoms with van der Waals surface area (Å²) in [7, 11) is 0. The minimum absolute atomic E-state index is 0.184. The Bertz CT molecular complexity index is 607. The summed E-state index contributed by atoms with van der Waals surface area (Å²) in [6.45, 7) is 7.60. The number of hydrogen-bond donors (Lipinski definition) is 0. The van der Waals surface area contributed by atoms with E-state index in [0.29, 0.717) is 5.92 Å². The average molecular weight is 280 g/mol. The van der Waals surface area contributed by atoms with E-state index in [2.05, 4.69) is 69.3 Å². The van der Waals surface area contributed by atoms with Crippen molar-refractivity contribution in [2.45, 2.75) is 44.9 Å². The first-order valence-electron chi connectivity index (χ1n) is 7.85. The lowest BCUT2D eigenvalue weighted by Gasteiger charge is -2.21. The molecule has 0 saturated carbocycles. The highest BCUT2D eigenvalue weighted by atomic mass is 16.5. The average Bonchev–Trinajstić information content (AvgIpc) is 2.68. The maximum absolute atomic E-state index is 5.97. The first-order valence-corrected chi connectivity index (χ1v) is 7.85. The van der Waals surface area contributed by atoms with Crippen molar-refractivity contribution < 1.29 is 4.74 Å². The second-order valence-corrected chi connectivity index (χ2v) is 7.02. The van der Waals surface area contributed by atoms with Gasteiger partial charge < -0.3 is 4.74 Å². The number of rotatable bonds is 1. The topological polar surface area (TPSA) is 9.23 Å². The fourth-order valence-corrected chi connectivity index (χ4v) is 3.03. The molecule has 2 aromatic carbocycles. The Morgan fingerprint density at radius 3 is 2.48 bits per heavy atom. The van der Waals surface area contributed by atoms with Gasteiger partial charge in [-0.05, 0) is 46.9 Å². The largest absolute Gasteiger partial charge is 0.493 e. The third-order valence-corrected chi connectivity index (χ3v) is 4.39. The van der Waals surface area contributed by atoms with Crippen molar-refractivity contribution >= 4 is 0 Å². The van der Waals surface area contributed by atoms with Crippen LogP contribution in [0.1, 0.15) is 49.8 Å². The molecule has 0 saturated heterocycles. The van der Waals surface area contributed by atoms with Crippen LogP contribution < -0.4 is 4.74 Å². The summed E-state index contributed by atoms with van der Waals surface area (Å²) >= 11 is 0. The quantitative estimate of drug-likeness (QED) is 0.706. The predicted molar refractivity (Wildman–Crippen MR) is 88.1 cm³/mol. The molecule has 0 N–H and O–H groups in total. The third-order valence-electron chi connectivity index (χ3n) is 4.39. The zero-order valence-corrected chi connectivity index (χ0v) is 13.2. The van der Waals surface area contributed by atoms with E-state index in [9.17, 15) is 0 Å². The molecule has 21 heavy (non-hydrogen) atoms. The molecule has 0 spiro atoms. The van der Waals surface area contributed by atoms with E-state index in [4.69, 9.17) is 4.74 Å². The molecule has 1 aliphatic heterocycles. The van der Waals surface area contributed by atoms with Gasteiger partial charge in [-0.3, -0.25) is 0 Å². The number of benzene rings is 2. The van der Waals surface area contributed by atoms with Crippen LogP contribution in [0.4, 0.5) is 0 Å². The molecule has 0 fully saturated rings. The van der Waals surface area contributed by atoms with E-state index in [1.54, 1.807) is 0 Å². The lowest BCUT2D eigenvalue weighted by atomic mass is 9.84. The van der Waals surface area contributed by atoms with E-state index in [1.807, 2.05) is 0 Å². The van der Waals surface area contributed by atoms with Gasteiger partial charge in [-0.1, -0.05) is 63.2 Å². The Morgan fingerprint density at radius 1 is 1.00 bits per heavy atom. The van der Waals surface area contributed by atoms with Gasteiger partial charge in [-0.25, -0.2) is 0 Å². The van der Waals surface area contributed by atoms with Gasteiger partial charge in [-0.2, -0.15) is 0 Å². The van der Waals surface area contributed by atoms with Crippen molar-refractivity contribution in [2.24, 2.45) is 0 Å². The van der Waals surface area contributed by atoms with E-state index < -0.39 is 0 Å². The predicted octanol–water partition coefficient (Wildman–Crippen LogP) is 5.09. The number of ether oxygens (including phenoxy) is 1. The summed E-state index contributed by atoms with van der Waals surface area (Å²) in [5.74, 6) is 1.63. The molecule has 0 bridgehead atoms. The molecule has 1 aliphatic rings. The van der Waals surface area contributed by atoms with Crippen molar-refractivity contribution in [3.63, 3.8) is 0 Å². The van der Waals surface area contributed by atoms with Crippen LogP contribution >= 0.6 is 0 Å². The molecule has 1 heterocycles. The highest BCUT2D eigenvalue weighted by molar-refractivity contribution is 5.41. The van der Waals surface area contributed by atoms with Crippen molar-refractivity contribution in [1.29, 1.82) is 0 Å². The Morgan fingerprint density at radius 2 is 1.76 bits per heavy atom. The fraction of sp³-hybridized carbons (Fsp3) is 0.400. The normalized spacial score (nSPS) is 18.5. The first kappa shape index (κ1) is 14.2. The van der Waals surface area contributed by atoms with Crippen LogP contribution in [0, 0.1) is 0 Å². The van der Waals surface area contributed by atoms with Gasteiger partial charge in [-0.15, -0.1) is 0 Å². The summed E-state index contributed by atoms with van der Waals surface area (Å²) in [5.41, 5.74) is 4.35. The van der Waals surface area contributed by atoms with Crippen molar-refractivity contribution in [3.8, 4) is 5.75 Å². The van der Waals surface area contributed by atoms with E-state index in [-0.39, 0.29) is 5.41 Å². The lowest BCUT2D eigenvalue weighted by Crippen LogP contribution is -2.11. The summed E-state index contributed by atoms with van der Waals surface area (Å²) in [6.07, 6.45) is 2.16. The third kappa shape index (κ3) is 3.12. The smallest absolute Gasteiger partial charge is 0.122 e. The van der Waals surface area contributed by atoms with Crippen LogP contribution in [-0.4, -0.2) is 6.61 Å². The van der Waals surface area contributed by atoms with Crippen LogP contribution in [-0.2, 0) is 11.8 Å². The summed E-state index contributed by atoms with van der Waals surface area (Å²) in [5, 5.41) is 0. The molecular formula is C20H24O. The number of hydrogen-bond acceptors (Lipinski definition) is 1. The van der Waals surface area contributed by atoms with Gasteiger partial charge in [0.05, 0.1) is 6.61 Å².